The molecule has 0 atom stereocenters. The fourth-order valence-corrected chi connectivity index (χ4v) is 4.47. The number of nitrogens with zero attached hydrogens (tertiary/aromatic N) is 7. The van der Waals surface area contributed by atoms with Crippen LogP contribution in [0, 0.1) is 18.6 Å². The molecule has 1 aromatic carbocycles. The van der Waals surface area contributed by atoms with Gasteiger partial charge >= 0.3 is 0 Å². The van der Waals surface area contributed by atoms with Gasteiger partial charge in [0.15, 0.2) is 5.82 Å². The maximum absolute atomic E-state index is 13.5. The molecule has 2 fully saturated rings. The molecule has 2 aliphatic heterocycles. The number of anilines is 3. The summed E-state index contributed by atoms with van der Waals surface area (Å²) in [7, 11) is 0. The third kappa shape index (κ3) is 5.58. The molecule has 4 N–H and O–H groups in total. The van der Waals surface area contributed by atoms with Crippen LogP contribution in [0.25, 0.3) is 11.9 Å². The zero-order chi connectivity index (χ0) is 24.5. The van der Waals surface area contributed by atoms with Crippen LogP contribution in [0.15, 0.2) is 36.5 Å². The highest BCUT2D eigenvalue weighted by Gasteiger charge is 2.25. The quantitative estimate of drug-likeness (QED) is 0.513. The summed E-state index contributed by atoms with van der Waals surface area (Å²) in [5, 5.41) is 4.50. The molecule has 0 bridgehead atoms. The van der Waals surface area contributed by atoms with Crippen LogP contribution < -0.4 is 21.3 Å². The van der Waals surface area contributed by atoms with Crippen molar-refractivity contribution in [2.75, 3.05) is 61.3 Å². The van der Waals surface area contributed by atoms with Gasteiger partial charge in [-0.2, -0.15) is 15.1 Å². The van der Waals surface area contributed by atoms with E-state index in [0.717, 1.165) is 55.9 Å². The molecule has 5 rings (SSSR count). The smallest absolute Gasteiger partial charge is 0.224 e. The van der Waals surface area contributed by atoms with Gasteiger partial charge in [0.1, 0.15) is 17.5 Å². The van der Waals surface area contributed by atoms with Crippen molar-refractivity contribution in [3.8, 4) is 5.82 Å². The number of aromatic nitrogens is 4. The second kappa shape index (κ2) is 10.8. The minimum atomic E-state index is -0.549. The normalized spacial score (nSPS) is 16.9. The molecule has 0 amide bonds. The van der Waals surface area contributed by atoms with Crippen LogP contribution in [0.4, 0.5) is 26.2 Å². The van der Waals surface area contributed by atoms with Gasteiger partial charge in [-0.05, 0) is 19.1 Å². The van der Waals surface area contributed by atoms with Crippen LogP contribution in [0.3, 0.4) is 0 Å². The highest BCUT2D eigenvalue weighted by atomic mass is 35.5. The Morgan fingerprint density at radius 2 is 1.64 bits per heavy atom. The van der Waals surface area contributed by atoms with E-state index in [1.165, 1.54) is 12.1 Å². The number of halogens is 3. The summed E-state index contributed by atoms with van der Waals surface area (Å²) >= 11 is 0. The fourth-order valence-electron chi connectivity index (χ4n) is 4.47. The molecule has 4 heterocycles. The molecular formula is C24H30ClF2N9. The van der Waals surface area contributed by atoms with Gasteiger partial charge < -0.3 is 21.3 Å². The first-order valence-electron chi connectivity index (χ1n) is 11.7. The summed E-state index contributed by atoms with van der Waals surface area (Å²) in [4.78, 5) is 15.1. The second-order valence-corrected chi connectivity index (χ2v) is 9.02. The Labute approximate surface area is 214 Å². The van der Waals surface area contributed by atoms with E-state index >= 15 is 0 Å². The van der Waals surface area contributed by atoms with Gasteiger partial charge in [-0.3, -0.25) is 4.90 Å². The third-order valence-electron chi connectivity index (χ3n) is 6.46. The van der Waals surface area contributed by atoms with E-state index in [0.29, 0.717) is 24.6 Å². The molecule has 0 radical (unpaired) electrons. The van der Waals surface area contributed by atoms with Crippen molar-refractivity contribution in [2.24, 2.45) is 5.73 Å². The number of hydrogen-bond donors (Lipinski definition) is 2. The molecular weight excluding hydrogens is 488 g/mol. The highest BCUT2D eigenvalue weighted by Crippen LogP contribution is 2.23. The van der Waals surface area contributed by atoms with E-state index in [-0.39, 0.29) is 24.4 Å². The van der Waals surface area contributed by atoms with E-state index in [4.69, 9.17) is 11.5 Å². The van der Waals surface area contributed by atoms with Gasteiger partial charge in [0.05, 0.1) is 11.9 Å². The number of nitrogens with two attached hydrogens (primary N) is 2. The minimum Gasteiger partial charge on any atom is -0.369 e. The standard InChI is InChI=1S/C24H29F2N9.ClH/c1-16-17(13-29-35(16)23-12-22(30-24(28)31-23)34-14-20(27)15-34)3-2-4-32-5-7-33(8-6-32)21-10-18(25)9-19(26)11-21;/h2-3,9-13,20H,4-8,14-15,27H2,1H3,(H2,28,30,31);1H. The lowest BCUT2D eigenvalue weighted by atomic mass is 10.1. The van der Waals surface area contributed by atoms with E-state index in [9.17, 15) is 8.78 Å². The molecule has 2 saturated heterocycles. The van der Waals surface area contributed by atoms with Gasteiger partial charge in [0.2, 0.25) is 5.95 Å². The lowest BCUT2D eigenvalue weighted by Gasteiger charge is -2.37. The van der Waals surface area contributed by atoms with Crippen molar-refractivity contribution >= 4 is 35.9 Å². The average molecular weight is 518 g/mol. The Bertz CT molecular complexity index is 1210. The molecule has 0 aliphatic carbocycles. The number of benzene rings is 1. The predicted molar refractivity (Wildman–Crippen MR) is 140 cm³/mol. The molecule has 0 saturated carbocycles. The summed E-state index contributed by atoms with van der Waals surface area (Å²) in [5.74, 6) is 0.472. The highest BCUT2D eigenvalue weighted by molar-refractivity contribution is 5.85. The average Bonchev–Trinajstić information content (AvgIpc) is 3.16. The first-order valence-corrected chi connectivity index (χ1v) is 11.7. The van der Waals surface area contributed by atoms with Crippen molar-refractivity contribution < 1.29 is 8.78 Å². The van der Waals surface area contributed by atoms with Crippen molar-refractivity contribution in [1.29, 1.82) is 0 Å². The summed E-state index contributed by atoms with van der Waals surface area (Å²) in [6.45, 7) is 7.30. The summed E-state index contributed by atoms with van der Waals surface area (Å²) in [6.07, 6.45) is 5.96. The van der Waals surface area contributed by atoms with Gasteiger partial charge in [-0.25, -0.2) is 13.5 Å². The molecule has 36 heavy (non-hydrogen) atoms. The molecule has 0 unspecified atom stereocenters. The topological polar surface area (TPSA) is 105 Å². The number of rotatable bonds is 6. The van der Waals surface area contributed by atoms with Crippen molar-refractivity contribution in [3.05, 3.63) is 59.4 Å². The number of nitrogen functional groups attached to an aromatic ring is 1. The monoisotopic (exact) mass is 517 g/mol. The molecule has 9 nitrogen and oxygen atoms in total. The van der Waals surface area contributed by atoms with Crippen LogP contribution in [0.2, 0.25) is 0 Å². The van der Waals surface area contributed by atoms with Crippen LogP contribution in [-0.2, 0) is 0 Å². The molecule has 2 aliphatic rings. The Kier molecular flexibility index (Phi) is 7.72. The number of hydrogen-bond acceptors (Lipinski definition) is 8. The summed E-state index contributed by atoms with van der Waals surface area (Å²) in [5.41, 5.74) is 14.4. The Hall–Kier alpha value is -3.28. The summed E-state index contributed by atoms with van der Waals surface area (Å²) in [6, 6.07) is 5.69. The first-order chi connectivity index (χ1) is 16.9. The van der Waals surface area contributed by atoms with Crippen LogP contribution in [0.1, 0.15) is 11.3 Å². The second-order valence-electron chi connectivity index (χ2n) is 9.02. The lowest BCUT2D eigenvalue weighted by Crippen LogP contribution is -2.56. The van der Waals surface area contributed by atoms with Crippen molar-refractivity contribution in [3.63, 3.8) is 0 Å². The zero-order valence-electron chi connectivity index (χ0n) is 20.0. The fraction of sp³-hybridized carbons (Fsp3) is 0.375. The van der Waals surface area contributed by atoms with E-state index in [2.05, 4.69) is 30.9 Å². The Morgan fingerprint density at radius 1 is 0.972 bits per heavy atom. The minimum absolute atomic E-state index is 0. The Balaban J connectivity index is 0.00000304. The lowest BCUT2D eigenvalue weighted by molar-refractivity contribution is 0.284. The molecule has 0 spiro atoms. The van der Waals surface area contributed by atoms with Gasteiger partial charge in [-0.15, -0.1) is 12.4 Å². The van der Waals surface area contributed by atoms with Gasteiger partial charge in [0, 0.05) is 75.2 Å². The maximum Gasteiger partial charge on any atom is 0.224 e. The van der Waals surface area contributed by atoms with Gasteiger partial charge in [-0.1, -0.05) is 12.2 Å². The SMILES string of the molecule is Cc1c(C=CCN2CCN(c3cc(F)cc(F)c3)CC2)cnn1-c1cc(N2CC(N)C2)nc(N)n1.Cl. The third-order valence-corrected chi connectivity index (χ3v) is 6.46. The first kappa shape index (κ1) is 25.8. The van der Waals surface area contributed by atoms with Crippen molar-refractivity contribution in [1.82, 2.24) is 24.6 Å². The van der Waals surface area contributed by atoms with E-state index < -0.39 is 11.6 Å². The van der Waals surface area contributed by atoms with E-state index in [1.807, 2.05) is 24.0 Å². The van der Waals surface area contributed by atoms with Crippen LogP contribution >= 0.6 is 12.4 Å². The van der Waals surface area contributed by atoms with Crippen LogP contribution in [0.5, 0.6) is 0 Å². The van der Waals surface area contributed by atoms with Gasteiger partial charge in [0.25, 0.3) is 0 Å². The molecule has 12 heteroatoms. The molecule has 2 aromatic heterocycles. The molecule has 192 valence electrons. The van der Waals surface area contributed by atoms with Crippen molar-refractivity contribution in [2.45, 2.75) is 13.0 Å². The Morgan fingerprint density at radius 3 is 2.31 bits per heavy atom. The molecule has 3 aromatic rings. The predicted octanol–water partition coefficient (Wildman–Crippen LogP) is 2.24. The maximum atomic E-state index is 13.5. The van der Waals surface area contributed by atoms with E-state index in [1.54, 1.807) is 10.9 Å². The van der Waals surface area contributed by atoms with Crippen LogP contribution in [-0.4, -0.2) is 76.5 Å². The zero-order valence-corrected chi connectivity index (χ0v) is 20.8. The summed E-state index contributed by atoms with van der Waals surface area (Å²) < 4.78 is 28.8. The number of piperazine rings is 1. The largest absolute Gasteiger partial charge is 0.369 e.